The smallest absolute Gasteiger partial charge is 0.314 e. The van der Waals surface area contributed by atoms with E-state index in [1.54, 1.807) is 6.92 Å². The zero-order valence-electron chi connectivity index (χ0n) is 9.10. The van der Waals surface area contributed by atoms with Crippen LogP contribution in [0.4, 0.5) is 4.39 Å². The first-order valence-electron chi connectivity index (χ1n) is 5.09. The molecule has 0 amide bonds. The molecule has 0 radical (unpaired) electrons. The van der Waals surface area contributed by atoms with Gasteiger partial charge in [0.05, 0.1) is 10.4 Å². The molecule has 0 saturated heterocycles. The Morgan fingerprint density at radius 2 is 2.06 bits per heavy atom. The van der Waals surface area contributed by atoms with Crippen LogP contribution in [-0.2, 0) is 10.2 Å². The Morgan fingerprint density at radius 3 is 2.50 bits per heavy atom. The van der Waals surface area contributed by atoms with E-state index in [4.69, 9.17) is 11.6 Å². The van der Waals surface area contributed by atoms with E-state index in [9.17, 15) is 14.3 Å². The summed E-state index contributed by atoms with van der Waals surface area (Å²) in [6.45, 7) is 3.55. The highest BCUT2D eigenvalue weighted by Crippen LogP contribution is 2.51. The van der Waals surface area contributed by atoms with Crippen molar-refractivity contribution in [3.05, 3.63) is 33.6 Å². The van der Waals surface area contributed by atoms with Gasteiger partial charge >= 0.3 is 5.97 Å². The lowest BCUT2D eigenvalue weighted by atomic mass is 9.89. The molecule has 0 heterocycles. The van der Waals surface area contributed by atoms with E-state index < -0.39 is 17.2 Å². The van der Waals surface area contributed by atoms with Crippen LogP contribution in [0.5, 0.6) is 0 Å². The molecule has 0 bridgehead atoms. The van der Waals surface area contributed by atoms with Crippen LogP contribution in [0.3, 0.4) is 0 Å². The highest BCUT2D eigenvalue weighted by atomic mass is 35.5. The SMILES string of the molecule is Cc1cc(Cl)c(F)c(C2(C(=O)O)CC2)c1C. The van der Waals surface area contributed by atoms with Gasteiger partial charge in [-0.25, -0.2) is 4.39 Å². The summed E-state index contributed by atoms with van der Waals surface area (Å²) in [4.78, 5) is 11.2. The third-order valence-electron chi connectivity index (χ3n) is 3.38. The van der Waals surface area contributed by atoms with Crippen molar-refractivity contribution in [3.63, 3.8) is 0 Å². The molecular weight excluding hydrogens is 231 g/mol. The van der Waals surface area contributed by atoms with Gasteiger partial charge < -0.3 is 5.11 Å². The van der Waals surface area contributed by atoms with Crippen LogP contribution >= 0.6 is 11.6 Å². The maximum atomic E-state index is 13.9. The molecule has 1 fully saturated rings. The van der Waals surface area contributed by atoms with Crippen molar-refractivity contribution < 1.29 is 14.3 Å². The lowest BCUT2D eigenvalue weighted by Crippen LogP contribution is -2.23. The molecule has 1 aromatic rings. The third kappa shape index (κ3) is 1.42. The summed E-state index contributed by atoms with van der Waals surface area (Å²) < 4.78 is 13.9. The first kappa shape index (κ1) is 11.4. The van der Waals surface area contributed by atoms with Gasteiger partial charge in [-0.15, -0.1) is 0 Å². The number of carboxylic acid groups (broad SMARTS) is 1. The van der Waals surface area contributed by atoms with Crippen LogP contribution in [0.15, 0.2) is 6.07 Å². The molecule has 2 nitrogen and oxygen atoms in total. The van der Waals surface area contributed by atoms with Crippen LogP contribution in [0.25, 0.3) is 0 Å². The topological polar surface area (TPSA) is 37.3 Å². The molecule has 4 heteroatoms. The lowest BCUT2D eigenvalue weighted by molar-refractivity contribution is -0.140. The fourth-order valence-electron chi connectivity index (χ4n) is 2.11. The number of halogens is 2. The quantitative estimate of drug-likeness (QED) is 0.865. The molecule has 0 spiro atoms. The number of aliphatic carboxylic acids is 1. The standard InChI is InChI=1S/C12H12ClFO2/c1-6-5-8(13)10(14)9(7(6)2)12(3-4-12)11(15)16/h5H,3-4H2,1-2H3,(H,15,16). The van der Waals surface area contributed by atoms with Crippen molar-refractivity contribution in [1.29, 1.82) is 0 Å². The average molecular weight is 243 g/mol. The molecule has 0 atom stereocenters. The van der Waals surface area contributed by atoms with Crippen LogP contribution in [0, 0.1) is 19.7 Å². The highest BCUT2D eigenvalue weighted by Gasteiger charge is 2.54. The normalized spacial score (nSPS) is 17.2. The highest BCUT2D eigenvalue weighted by molar-refractivity contribution is 6.31. The van der Waals surface area contributed by atoms with Crippen molar-refractivity contribution in [1.82, 2.24) is 0 Å². The monoisotopic (exact) mass is 242 g/mol. The maximum absolute atomic E-state index is 13.9. The summed E-state index contributed by atoms with van der Waals surface area (Å²) in [7, 11) is 0. The van der Waals surface area contributed by atoms with E-state index in [2.05, 4.69) is 0 Å². The molecular formula is C12H12ClFO2. The molecule has 1 aromatic carbocycles. The fourth-order valence-corrected chi connectivity index (χ4v) is 2.37. The molecule has 1 aliphatic rings. The van der Waals surface area contributed by atoms with Crippen molar-refractivity contribution in [3.8, 4) is 0 Å². The predicted octanol–water partition coefficient (Wildman–Crippen LogP) is 3.21. The van der Waals surface area contributed by atoms with Gasteiger partial charge in [-0.05, 0) is 43.9 Å². The van der Waals surface area contributed by atoms with Gasteiger partial charge in [-0.1, -0.05) is 11.6 Å². The molecule has 1 aliphatic carbocycles. The van der Waals surface area contributed by atoms with Crippen LogP contribution < -0.4 is 0 Å². The van der Waals surface area contributed by atoms with Crippen molar-refractivity contribution >= 4 is 17.6 Å². The third-order valence-corrected chi connectivity index (χ3v) is 3.65. The van der Waals surface area contributed by atoms with Crippen molar-refractivity contribution in [2.45, 2.75) is 32.1 Å². The lowest BCUT2D eigenvalue weighted by Gasteiger charge is -2.17. The Labute approximate surface area is 98.0 Å². The molecule has 2 rings (SSSR count). The minimum atomic E-state index is -1.04. The molecule has 1 saturated carbocycles. The van der Waals surface area contributed by atoms with Gasteiger partial charge in [0.15, 0.2) is 0 Å². The van der Waals surface area contributed by atoms with Crippen LogP contribution in [0.2, 0.25) is 5.02 Å². The van der Waals surface area contributed by atoms with E-state index in [1.807, 2.05) is 6.92 Å². The second kappa shape index (κ2) is 3.45. The number of rotatable bonds is 2. The van der Waals surface area contributed by atoms with Gasteiger partial charge in [-0.3, -0.25) is 4.79 Å². The zero-order chi connectivity index (χ0) is 12.1. The minimum absolute atomic E-state index is 0.00521. The summed E-state index contributed by atoms with van der Waals surface area (Å²) in [6.07, 6.45) is 0.972. The van der Waals surface area contributed by atoms with Gasteiger partial charge in [0, 0.05) is 5.56 Å². The van der Waals surface area contributed by atoms with E-state index in [-0.39, 0.29) is 10.6 Å². The van der Waals surface area contributed by atoms with Crippen LogP contribution in [-0.4, -0.2) is 11.1 Å². The molecule has 86 valence electrons. The first-order valence-corrected chi connectivity index (χ1v) is 5.47. The second-order valence-electron chi connectivity index (χ2n) is 4.38. The fraction of sp³-hybridized carbons (Fsp3) is 0.417. The largest absolute Gasteiger partial charge is 0.481 e. The zero-order valence-corrected chi connectivity index (χ0v) is 9.86. The summed E-state index contributed by atoms with van der Waals surface area (Å²) in [5.41, 5.74) is 0.754. The molecule has 0 aromatic heterocycles. The van der Waals surface area contributed by atoms with Crippen molar-refractivity contribution in [2.75, 3.05) is 0 Å². The van der Waals surface area contributed by atoms with E-state index in [0.717, 1.165) is 5.56 Å². The van der Waals surface area contributed by atoms with Gasteiger partial charge in [-0.2, -0.15) is 0 Å². The summed E-state index contributed by atoms with van der Waals surface area (Å²) >= 11 is 5.76. The average Bonchev–Trinajstić information content (AvgIpc) is 2.97. The molecule has 0 unspecified atom stereocenters. The molecule has 0 aliphatic heterocycles. The van der Waals surface area contributed by atoms with Gasteiger partial charge in [0.25, 0.3) is 0 Å². The molecule has 16 heavy (non-hydrogen) atoms. The number of benzene rings is 1. The number of carboxylic acids is 1. The second-order valence-corrected chi connectivity index (χ2v) is 4.78. The molecule has 1 N–H and O–H groups in total. The summed E-state index contributed by atoms with van der Waals surface area (Å²) in [5.74, 6) is -1.54. The Bertz CT molecular complexity index is 452. The van der Waals surface area contributed by atoms with Gasteiger partial charge in [0.2, 0.25) is 0 Å². The first-order chi connectivity index (χ1) is 7.40. The minimum Gasteiger partial charge on any atom is -0.481 e. The summed E-state index contributed by atoms with van der Waals surface area (Å²) in [5, 5.41) is 9.18. The van der Waals surface area contributed by atoms with Crippen molar-refractivity contribution in [2.24, 2.45) is 0 Å². The van der Waals surface area contributed by atoms with E-state index in [1.165, 1.54) is 6.07 Å². The predicted molar refractivity (Wildman–Crippen MR) is 59.4 cm³/mol. The number of carbonyl (C=O) groups is 1. The summed E-state index contributed by atoms with van der Waals surface area (Å²) in [6, 6.07) is 1.54. The Hall–Kier alpha value is -1.09. The van der Waals surface area contributed by atoms with E-state index >= 15 is 0 Å². The number of aryl methyl sites for hydroxylation is 1. The maximum Gasteiger partial charge on any atom is 0.314 e. The van der Waals surface area contributed by atoms with E-state index in [0.29, 0.717) is 18.4 Å². The Morgan fingerprint density at radius 1 is 1.50 bits per heavy atom. The number of hydrogen-bond acceptors (Lipinski definition) is 1. The Balaban J connectivity index is 2.70. The Kier molecular flexibility index (Phi) is 2.46. The van der Waals surface area contributed by atoms with Crippen LogP contribution in [0.1, 0.15) is 29.5 Å². The number of hydrogen-bond donors (Lipinski definition) is 1. The van der Waals surface area contributed by atoms with Gasteiger partial charge in [0.1, 0.15) is 5.82 Å².